The smallest absolute Gasteiger partial charge is 0.549 e. The average Bonchev–Trinajstić information content (AvgIpc) is 2.47. The fourth-order valence-electron chi connectivity index (χ4n) is 2.00. The van der Waals surface area contributed by atoms with E-state index in [1.807, 2.05) is 6.92 Å². The van der Waals surface area contributed by atoms with Gasteiger partial charge in [-0.05, 0) is 32.4 Å². The molecule has 7 nitrogen and oxygen atoms in total. The summed E-state index contributed by atoms with van der Waals surface area (Å²) in [5, 5.41) is 21.4. The number of ether oxygens (including phenoxy) is 2. The first-order chi connectivity index (χ1) is 10.6. The number of carboxylic acid groups (broad SMARTS) is 1. The largest absolute Gasteiger partial charge is 1.00 e. The van der Waals surface area contributed by atoms with Crippen LogP contribution in [0.25, 0.3) is 0 Å². The molecule has 0 saturated heterocycles. The van der Waals surface area contributed by atoms with Crippen LogP contribution in [0.15, 0.2) is 12.1 Å². The number of carboxylic acids is 1. The molecule has 1 unspecified atom stereocenters. The molecule has 126 valence electrons. The number of rotatable bonds is 4. The molecule has 0 bridgehead atoms. The van der Waals surface area contributed by atoms with Crippen LogP contribution in [0.3, 0.4) is 0 Å². The Hall–Kier alpha value is -0.990. The van der Waals surface area contributed by atoms with Gasteiger partial charge in [-0.25, -0.2) is 5.06 Å². The van der Waals surface area contributed by atoms with Gasteiger partial charge in [0.2, 0.25) is 0 Å². The molecule has 9 heteroatoms. The van der Waals surface area contributed by atoms with Gasteiger partial charge in [-0.3, -0.25) is 10.0 Å². The third-order valence-corrected chi connectivity index (χ3v) is 3.87. The fraction of sp³-hybridized carbons (Fsp3) is 0.467. The van der Waals surface area contributed by atoms with Gasteiger partial charge in [0.25, 0.3) is 5.91 Å². The Morgan fingerprint density at radius 3 is 2.62 bits per heavy atom. The zero-order valence-electron chi connectivity index (χ0n) is 14.0. The van der Waals surface area contributed by atoms with Gasteiger partial charge >= 0.3 is 29.6 Å². The summed E-state index contributed by atoms with van der Waals surface area (Å²) in [6, 6.07) is 3.08. The van der Waals surface area contributed by atoms with Gasteiger partial charge in [0, 0.05) is 11.1 Å². The van der Waals surface area contributed by atoms with Crippen molar-refractivity contribution in [3.05, 3.63) is 22.7 Å². The molecule has 0 aliphatic carbocycles. The summed E-state index contributed by atoms with van der Waals surface area (Å²) >= 11 is 6.12. The number of halogens is 1. The molecule has 1 heterocycles. The molecule has 24 heavy (non-hydrogen) atoms. The molecular formula is C15H17ClNNaO6. The quantitative estimate of drug-likeness (QED) is 0.287. The van der Waals surface area contributed by atoms with Crippen molar-refractivity contribution >= 4 is 23.5 Å². The standard InChI is InChI=1S/C15H18ClNO6.Na/c1-8-7-22-11-4-9(10(16)5-12(11)23-8)6-17(21)13(18)15(2,3)14(19)20;/h4-5,8,21H,6-7H2,1-3H3,(H,19,20);/q;+1/p-1. The van der Waals surface area contributed by atoms with Crippen molar-refractivity contribution in [3.8, 4) is 11.5 Å². The Morgan fingerprint density at radius 2 is 2.04 bits per heavy atom. The maximum Gasteiger partial charge on any atom is 1.00 e. The summed E-state index contributed by atoms with van der Waals surface area (Å²) in [7, 11) is 0. The number of hydrogen-bond acceptors (Lipinski definition) is 6. The monoisotopic (exact) mass is 365 g/mol. The Balaban J connectivity index is 0.00000288. The van der Waals surface area contributed by atoms with Gasteiger partial charge in [0.15, 0.2) is 11.5 Å². The van der Waals surface area contributed by atoms with Gasteiger partial charge in [-0.1, -0.05) is 11.6 Å². The third-order valence-electron chi connectivity index (χ3n) is 3.51. The molecular weight excluding hydrogens is 349 g/mol. The van der Waals surface area contributed by atoms with Crippen LogP contribution < -0.4 is 44.1 Å². The molecule has 1 aliphatic heterocycles. The molecule has 0 spiro atoms. The number of carbonyl (C=O) groups excluding carboxylic acids is 2. The van der Waals surface area contributed by atoms with Crippen LogP contribution in [0.5, 0.6) is 11.5 Å². The molecule has 0 saturated carbocycles. The molecule has 0 fully saturated rings. The second kappa shape index (κ2) is 7.93. The van der Waals surface area contributed by atoms with Crippen LogP contribution >= 0.6 is 11.6 Å². The first-order valence-electron chi connectivity index (χ1n) is 6.97. The summed E-state index contributed by atoms with van der Waals surface area (Å²) in [5.41, 5.74) is -1.46. The minimum Gasteiger partial charge on any atom is -0.549 e. The molecule has 1 atom stereocenters. The van der Waals surface area contributed by atoms with Crippen molar-refractivity contribution in [2.24, 2.45) is 5.41 Å². The molecule has 1 aromatic carbocycles. The van der Waals surface area contributed by atoms with E-state index in [-0.39, 0.29) is 47.2 Å². The van der Waals surface area contributed by atoms with Gasteiger partial charge < -0.3 is 19.4 Å². The van der Waals surface area contributed by atoms with E-state index in [2.05, 4.69) is 0 Å². The molecule has 1 aromatic rings. The van der Waals surface area contributed by atoms with E-state index in [0.717, 1.165) is 13.8 Å². The Bertz CT molecular complexity index is 651. The van der Waals surface area contributed by atoms with Crippen LogP contribution in [-0.2, 0) is 16.1 Å². The van der Waals surface area contributed by atoms with E-state index in [9.17, 15) is 19.9 Å². The van der Waals surface area contributed by atoms with Crippen LogP contribution in [-0.4, -0.2) is 34.9 Å². The van der Waals surface area contributed by atoms with E-state index in [0.29, 0.717) is 28.7 Å². The molecule has 1 aliphatic rings. The first kappa shape index (κ1) is 21.1. The van der Waals surface area contributed by atoms with E-state index in [4.69, 9.17) is 21.1 Å². The number of hydrogen-bond donors (Lipinski definition) is 1. The predicted molar refractivity (Wildman–Crippen MR) is 78.2 cm³/mol. The SMILES string of the molecule is CC1COc2cc(CN(O)C(=O)C(C)(C)C(=O)[O-])c(Cl)cc2O1.[Na+]. The summed E-state index contributed by atoms with van der Waals surface area (Å²) in [6.07, 6.45) is -0.107. The molecule has 1 amide bonds. The zero-order valence-corrected chi connectivity index (χ0v) is 16.7. The second-order valence-electron chi connectivity index (χ2n) is 5.91. The average molecular weight is 366 g/mol. The summed E-state index contributed by atoms with van der Waals surface area (Å²) < 4.78 is 11.1. The topological polar surface area (TPSA) is 99.1 Å². The van der Waals surface area contributed by atoms with Gasteiger partial charge in [0.1, 0.15) is 12.7 Å². The normalized spacial score (nSPS) is 16.1. The third kappa shape index (κ3) is 4.34. The van der Waals surface area contributed by atoms with Crippen LogP contribution in [0.1, 0.15) is 26.3 Å². The van der Waals surface area contributed by atoms with E-state index in [1.165, 1.54) is 6.07 Å². The predicted octanol–water partition coefficient (Wildman–Crippen LogP) is -2.00. The van der Waals surface area contributed by atoms with Crippen molar-refractivity contribution < 1.29 is 58.9 Å². The maximum atomic E-state index is 12.0. The zero-order chi connectivity index (χ0) is 17.4. The Labute approximate surface area is 166 Å². The molecule has 2 rings (SSSR count). The van der Waals surface area contributed by atoms with E-state index in [1.54, 1.807) is 6.07 Å². The van der Waals surface area contributed by atoms with Crippen molar-refractivity contribution in [1.82, 2.24) is 5.06 Å². The first-order valence-corrected chi connectivity index (χ1v) is 7.35. The number of hydroxylamine groups is 2. The van der Waals surface area contributed by atoms with Crippen LogP contribution in [0.2, 0.25) is 5.02 Å². The van der Waals surface area contributed by atoms with Crippen molar-refractivity contribution in [3.63, 3.8) is 0 Å². The van der Waals surface area contributed by atoms with Crippen LogP contribution in [0, 0.1) is 5.41 Å². The minimum atomic E-state index is -1.86. The summed E-state index contributed by atoms with van der Waals surface area (Å²) in [5.74, 6) is -1.66. The fourth-order valence-corrected chi connectivity index (χ4v) is 2.22. The number of amides is 1. The number of nitrogens with zero attached hydrogens (tertiary/aromatic N) is 1. The van der Waals surface area contributed by atoms with Crippen LogP contribution in [0.4, 0.5) is 0 Å². The van der Waals surface area contributed by atoms with Gasteiger partial charge in [0.05, 0.1) is 17.9 Å². The van der Waals surface area contributed by atoms with E-state index >= 15 is 0 Å². The maximum absolute atomic E-state index is 12.0. The minimum absolute atomic E-state index is 0. The van der Waals surface area contributed by atoms with E-state index < -0.39 is 17.3 Å². The summed E-state index contributed by atoms with van der Waals surface area (Å²) in [6.45, 7) is 4.23. The van der Waals surface area contributed by atoms with Gasteiger partial charge in [-0.2, -0.15) is 0 Å². The number of benzene rings is 1. The Morgan fingerprint density at radius 1 is 1.42 bits per heavy atom. The number of carbonyl (C=O) groups is 2. The number of fused-ring (bicyclic) bond motifs is 1. The molecule has 1 N–H and O–H groups in total. The van der Waals surface area contributed by atoms with Crippen molar-refractivity contribution in [2.45, 2.75) is 33.4 Å². The number of aliphatic carboxylic acids is 1. The van der Waals surface area contributed by atoms with Crippen molar-refractivity contribution in [1.29, 1.82) is 0 Å². The molecule has 0 radical (unpaired) electrons. The van der Waals surface area contributed by atoms with Crippen molar-refractivity contribution in [2.75, 3.05) is 6.61 Å². The second-order valence-corrected chi connectivity index (χ2v) is 6.31. The molecule has 0 aromatic heterocycles. The van der Waals surface area contributed by atoms with Gasteiger partial charge in [-0.15, -0.1) is 0 Å². The summed E-state index contributed by atoms with van der Waals surface area (Å²) in [4.78, 5) is 23.0. The Kier molecular flexibility index (Phi) is 6.95.